The zero-order valence-corrected chi connectivity index (χ0v) is 20.7. The number of carbonyl (C=O) groups excluding carboxylic acids is 1. The van der Waals surface area contributed by atoms with E-state index in [1.54, 1.807) is 13.0 Å². The minimum atomic E-state index is -0.564. The fourth-order valence-electron chi connectivity index (χ4n) is 3.89. The molecule has 192 valence electrons. The molecule has 12 nitrogen and oxygen atoms in total. The van der Waals surface area contributed by atoms with Crippen molar-refractivity contribution in [1.29, 1.82) is 0 Å². The van der Waals surface area contributed by atoms with Gasteiger partial charge in [-0.15, -0.1) is 5.10 Å². The molecule has 0 atom stereocenters. The summed E-state index contributed by atoms with van der Waals surface area (Å²) in [4.78, 5) is 12.8. The monoisotopic (exact) mass is 512 g/mol. The van der Waals surface area contributed by atoms with E-state index in [1.165, 1.54) is 6.21 Å². The van der Waals surface area contributed by atoms with E-state index >= 15 is 0 Å². The lowest BCUT2D eigenvalue weighted by molar-refractivity contribution is 0.0946. The Morgan fingerprint density at radius 1 is 1.11 bits per heavy atom. The summed E-state index contributed by atoms with van der Waals surface area (Å²) in [6.07, 6.45) is 1.49. The number of hydrazone groups is 1. The van der Waals surface area contributed by atoms with Crippen LogP contribution in [0.15, 0.2) is 70.4 Å². The number of aromatic nitrogens is 5. The SMILES string of the molecule is CCOc1cc(C=NNC(=O)c2c(C)nnn2-c2nonc2N)ccc1OCc1cccc2ccccc12. The Kier molecular flexibility index (Phi) is 6.93. The zero-order chi connectivity index (χ0) is 26.5. The normalized spacial score (nSPS) is 11.2. The first kappa shape index (κ1) is 24.4. The van der Waals surface area contributed by atoms with E-state index < -0.39 is 5.91 Å². The van der Waals surface area contributed by atoms with Gasteiger partial charge in [0.05, 0.1) is 18.5 Å². The second-order valence-electron chi connectivity index (χ2n) is 8.17. The van der Waals surface area contributed by atoms with Crippen LogP contribution < -0.4 is 20.6 Å². The van der Waals surface area contributed by atoms with Crippen LogP contribution >= 0.6 is 0 Å². The number of aryl methyl sites for hydroxylation is 1. The number of anilines is 1. The molecule has 38 heavy (non-hydrogen) atoms. The fraction of sp³-hybridized carbons (Fsp3) is 0.154. The second-order valence-corrected chi connectivity index (χ2v) is 8.17. The largest absolute Gasteiger partial charge is 0.490 e. The fourth-order valence-corrected chi connectivity index (χ4v) is 3.89. The molecule has 0 radical (unpaired) electrons. The summed E-state index contributed by atoms with van der Waals surface area (Å²) in [7, 11) is 0. The molecule has 0 aliphatic carbocycles. The quantitative estimate of drug-likeness (QED) is 0.223. The Hall–Kier alpha value is -5.26. The van der Waals surface area contributed by atoms with E-state index in [2.05, 4.69) is 54.0 Å². The third-order valence-electron chi connectivity index (χ3n) is 5.66. The molecule has 2 aromatic heterocycles. The summed E-state index contributed by atoms with van der Waals surface area (Å²) in [5, 5.41) is 21.3. The van der Waals surface area contributed by atoms with Crippen molar-refractivity contribution in [3.05, 3.63) is 83.2 Å². The van der Waals surface area contributed by atoms with Gasteiger partial charge in [0.25, 0.3) is 5.91 Å². The summed E-state index contributed by atoms with van der Waals surface area (Å²) in [5.74, 6) is 0.630. The number of fused-ring (bicyclic) bond motifs is 1. The number of nitrogen functional groups attached to an aromatic ring is 1. The molecule has 5 rings (SSSR count). The van der Waals surface area contributed by atoms with Crippen molar-refractivity contribution in [3.8, 4) is 17.3 Å². The Labute approximate surface area is 217 Å². The number of ether oxygens (including phenoxy) is 2. The number of hydrogen-bond donors (Lipinski definition) is 2. The summed E-state index contributed by atoms with van der Waals surface area (Å²) < 4.78 is 17.6. The van der Waals surface area contributed by atoms with Crippen LogP contribution in [0.3, 0.4) is 0 Å². The molecular formula is C26H24N8O4. The maximum Gasteiger partial charge on any atom is 0.292 e. The van der Waals surface area contributed by atoms with Crippen molar-refractivity contribution in [2.45, 2.75) is 20.5 Å². The highest BCUT2D eigenvalue weighted by molar-refractivity contribution is 5.95. The number of nitrogens with one attached hydrogen (secondary N) is 1. The van der Waals surface area contributed by atoms with Gasteiger partial charge in [0, 0.05) is 0 Å². The van der Waals surface area contributed by atoms with Gasteiger partial charge >= 0.3 is 0 Å². The van der Waals surface area contributed by atoms with E-state index in [0.717, 1.165) is 21.0 Å². The smallest absolute Gasteiger partial charge is 0.292 e. The maximum atomic E-state index is 12.8. The van der Waals surface area contributed by atoms with E-state index in [4.69, 9.17) is 15.2 Å². The summed E-state index contributed by atoms with van der Waals surface area (Å²) in [5.41, 5.74) is 10.4. The lowest BCUT2D eigenvalue weighted by Crippen LogP contribution is -2.22. The van der Waals surface area contributed by atoms with Crippen LogP contribution in [0, 0.1) is 6.92 Å². The standard InChI is InChI=1S/C26H24N8O4/c1-3-36-22-13-17(11-12-21(22)37-15-19-9-6-8-18-7-4-5-10-20(18)19)14-28-30-26(35)23-16(2)29-33-34(23)25-24(27)31-38-32-25/h4-14H,3,15H2,1-2H3,(H2,27,31)(H,30,35). The number of carbonyl (C=O) groups is 1. The topological polar surface area (TPSA) is 156 Å². The van der Waals surface area contributed by atoms with Gasteiger partial charge in [-0.1, -0.05) is 47.7 Å². The highest BCUT2D eigenvalue weighted by atomic mass is 16.6. The summed E-state index contributed by atoms with van der Waals surface area (Å²) >= 11 is 0. The average molecular weight is 513 g/mol. The summed E-state index contributed by atoms with van der Waals surface area (Å²) in [6.45, 7) is 4.36. The van der Waals surface area contributed by atoms with Crippen molar-refractivity contribution in [3.63, 3.8) is 0 Å². The van der Waals surface area contributed by atoms with Crippen molar-refractivity contribution < 1.29 is 18.9 Å². The highest BCUT2D eigenvalue weighted by Gasteiger charge is 2.22. The van der Waals surface area contributed by atoms with Gasteiger partial charge in [0.2, 0.25) is 11.6 Å². The lowest BCUT2D eigenvalue weighted by atomic mass is 10.1. The van der Waals surface area contributed by atoms with E-state index in [9.17, 15) is 4.79 Å². The van der Waals surface area contributed by atoms with Crippen LogP contribution in [0.5, 0.6) is 11.5 Å². The van der Waals surface area contributed by atoms with Crippen LogP contribution in [0.2, 0.25) is 0 Å². The predicted molar refractivity (Wildman–Crippen MR) is 139 cm³/mol. The van der Waals surface area contributed by atoms with Crippen LogP contribution in [-0.4, -0.2) is 44.0 Å². The van der Waals surface area contributed by atoms with Crippen molar-refractivity contribution in [1.82, 2.24) is 30.7 Å². The molecule has 12 heteroatoms. The molecule has 2 heterocycles. The highest BCUT2D eigenvalue weighted by Crippen LogP contribution is 2.30. The Balaban J connectivity index is 1.29. The van der Waals surface area contributed by atoms with Crippen molar-refractivity contribution in [2.24, 2.45) is 5.10 Å². The molecular weight excluding hydrogens is 488 g/mol. The molecule has 0 aliphatic heterocycles. The van der Waals surface area contributed by atoms with Crippen LogP contribution in [0.25, 0.3) is 16.6 Å². The number of rotatable bonds is 9. The second kappa shape index (κ2) is 10.8. The van der Waals surface area contributed by atoms with Crippen LogP contribution in [0.4, 0.5) is 5.82 Å². The lowest BCUT2D eigenvalue weighted by Gasteiger charge is -2.13. The molecule has 0 saturated heterocycles. The Bertz CT molecular complexity index is 1620. The molecule has 0 spiro atoms. The minimum Gasteiger partial charge on any atom is -0.490 e. The van der Waals surface area contributed by atoms with Gasteiger partial charge in [-0.2, -0.15) is 9.78 Å². The first-order chi connectivity index (χ1) is 18.5. The number of nitrogens with two attached hydrogens (primary N) is 1. The van der Waals surface area contributed by atoms with Crippen molar-refractivity contribution in [2.75, 3.05) is 12.3 Å². The number of hydrogen-bond acceptors (Lipinski definition) is 10. The van der Waals surface area contributed by atoms with E-state index in [-0.39, 0.29) is 17.3 Å². The zero-order valence-electron chi connectivity index (χ0n) is 20.7. The third-order valence-corrected chi connectivity index (χ3v) is 5.66. The van der Waals surface area contributed by atoms with Gasteiger partial charge in [-0.05, 0) is 64.3 Å². The van der Waals surface area contributed by atoms with Gasteiger partial charge in [0.15, 0.2) is 17.2 Å². The molecule has 0 aliphatic rings. The first-order valence-corrected chi connectivity index (χ1v) is 11.8. The van der Waals surface area contributed by atoms with Gasteiger partial charge in [0.1, 0.15) is 6.61 Å². The van der Waals surface area contributed by atoms with E-state index in [0.29, 0.717) is 36.0 Å². The molecule has 0 saturated carbocycles. The molecule has 5 aromatic rings. The number of benzene rings is 3. The van der Waals surface area contributed by atoms with E-state index in [1.807, 2.05) is 43.3 Å². The van der Waals surface area contributed by atoms with Gasteiger partial charge in [-0.25, -0.2) is 10.1 Å². The predicted octanol–water partition coefficient (Wildman–Crippen LogP) is 3.44. The van der Waals surface area contributed by atoms with Crippen molar-refractivity contribution >= 4 is 28.7 Å². The number of nitrogens with zero attached hydrogens (tertiary/aromatic N) is 6. The molecule has 0 unspecified atom stereocenters. The average Bonchev–Trinajstić information content (AvgIpc) is 3.53. The third kappa shape index (κ3) is 5.00. The molecule has 0 fully saturated rings. The number of amides is 1. The van der Waals surface area contributed by atoms with Crippen LogP contribution in [0.1, 0.15) is 34.2 Å². The first-order valence-electron chi connectivity index (χ1n) is 11.8. The molecule has 1 amide bonds. The van der Waals surface area contributed by atoms with Gasteiger partial charge in [-0.3, -0.25) is 4.79 Å². The maximum absolute atomic E-state index is 12.8. The molecule has 3 aromatic carbocycles. The minimum absolute atomic E-state index is 0.0290. The molecule has 3 N–H and O–H groups in total. The van der Waals surface area contributed by atoms with Gasteiger partial charge < -0.3 is 15.2 Å². The molecule has 0 bridgehead atoms. The Morgan fingerprint density at radius 3 is 2.76 bits per heavy atom. The summed E-state index contributed by atoms with van der Waals surface area (Å²) in [6, 6.07) is 19.7. The Morgan fingerprint density at radius 2 is 1.95 bits per heavy atom. The van der Waals surface area contributed by atoms with Crippen LogP contribution in [-0.2, 0) is 6.61 Å².